The zero-order valence-electron chi connectivity index (χ0n) is 13.5. The number of aliphatic imine (C=N–C) groups is 1. The Hall–Kier alpha value is -2.16. The van der Waals surface area contributed by atoms with Crippen molar-refractivity contribution in [3.8, 4) is 0 Å². The minimum absolute atomic E-state index is 0.0731. The first kappa shape index (κ1) is 17.2. The van der Waals surface area contributed by atoms with Crippen molar-refractivity contribution in [3.63, 3.8) is 0 Å². The van der Waals surface area contributed by atoms with Gasteiger partial charge in [0.2, 0.25) is 0 Å². The molecule has 0 radical (unpaired) electrons. The van der Waals surface area contributed by atoms with Crippen LogP contribution in [0.15, 0.2) is 17.1 Å². The number of imide groups is 1. The summed E-state index contributed by atoms with van der Waals surface area (Å²) in [6.45, 7) is 6.11. The molecule has 0 aromatic heterocycles. The summed E-state index contributed by atoms with van der Waals surface area (Å²) in [5.41, 5.74) is 0.840. The van der Waals surface area contributed by atoms with Gasteiger partial charge in [-0.1, -0.05) is 6.58 Å². The molecule has 0 spiro atoms. The fraction of sp³-hybridized carbons (Fsp3) is 0.500. The largest absolute Gasteiger partial charge is 0.468 e. The van der Waals surface area contributed by atoms with Crippen LogP contribution >= 0.6 is 11.8 Å². The Bertz CT molecular complexity index is 655. The van der Waals surface area contributed by atoms with Gasteiger partial charge in [0.05, 0.1) is 7.11 Å². The van der Waals surface area contributed by atoms with Crippen LogP contribution in [0.5, 0.6) is 0 Å². The zero-order chi connectivity index (χ0) is 17.3. The lowest BCUT2D eigenvalue weighted by atomic mass is 10.1. The molecule has 0 N–H and O–H groups in total. The smallest absolute Gasteiger partial charge is 0.358 e. The van der Waals surface area contributed by atoms with Gasteiger partial charge >= 0.3 is 17.2 Å². The second-order valence-electron chi connectivity index (χ2n) is 5.34. The molecule has 8 nitrogen and oxygen atoms in total. The maximum Gasteiger partial charge on any atom is 0.358 e. The Kier molecular flexibility index (Phi) is 4.88. The molecule has 1 unspecified atom stereocenters. The van der Waals surface area contributed by atoms with E-state index in [0.29, 0.717) is 17.5 Å². The highest BCUT2D eigenvalue weighted by Gasteiger charge is 2.53. The van der Waals surface area contributed by atoms with Crippen LogP contribution in [-0.2, 0) is 14.3 Å². The van der Waals surface area contributed by atoms with E-state index in [1.807, 2.05) is 6.92 Å². The number of amides is 3. The van der Waals surface area contributed by atoms with Crippen LogP contribution in [0.1, 0.15) is 6.92 Å². The van der Waals surface area contributed by atoms with Crippen molar-refractivity contribution in [2.24, 2.45) is 4.99 Å². The van der Waals surface area contributed by atoms with Crippen molar-refractivity contribution in [2.75, 3.05) is 33.5 Å². The fourth-order valence-electron chi connectivity index (χ4n) is 2.32. The predicted molar refractivity (Wildman–Crippen MR) is 86.6 cm³/mol. The number of carbonyl (C=O) groups is 3. The van der Waals surface area contributed by atoms with E-state index >= 15 is 0 Å². The molecule has 1 saturated heterocycles. The average Bonchev–Trinajstić information content (AvgIpc) is 2.86. The Balaban J connectivity index is 2.38. The van der Waals surface area contributed by atoms with Crippen LogP contribution in [0.25, 0.3) is 0 Å². The number of carbonyl (C=O) groups excluding carboxylic acids is 3. The Morgan fingerprint density at radius 3 is 2.61 bits per heavy atom. The quantitative estimate of drug-likeness (QED) is 0.413. The predicted octanol–water partition coefficient (Wildman–Crippen LogP) is 0.142. The molecule has 0 bridgehead atoms. The van der Waals surface area contributed by atoms with E-state index in [-0.39, 0.29) is 17.6 Å². The average molecular weight is 339 g/mol. The van der Waals surface area contributed by atoms with Crippen LogP contribution in [0.3, 0.4) is 0 Å². The first-order valence-corrected chi connectivity index (χ1v) is 7.88. The van der Waals surface area contributed by atoms with Crippen LogP contribution < -0.4 is 0 Å². The van der Waals surface area contributed by atoms with Crippen molar-refractivity contribution >= 4 is 40.7 Å². The fourth-order valence-corrected chi connectivity index (χ4v) is 3.18. The van der Waals surface area contributed by atoms with E-state index in [4.69, 9.17) is 0 Å². The Morgan fingerprint density at radius 1 is 1.39 bits per heavy atom. The molecule has 2 aliphatic rings. The number of hydrogen-bond donors (Lipinski definition) is 0. The third-order valence-corrected chi connectivity index (χ3v) is 4.45. The van der Waals surface area contributed by atoms with Gasteiger partial charge in [-0.2, -0.15) is 0 Å². The number of hydrogen-bond acceptors (Lipinski definition) is 6. The van der Waals surface area contributed by atoms with E-state index in [1.165, 1.54) is 30.8 Å². The van der Waals surface area contributed by atoms with Gasteiger partial charge in [0.1, 0.15) is 12.3 Å². The molecule has 3 amide bonds. The number of rotatable bonds is 4. The first-order valence-electron chi connectivity index (χ1n) is 6.89. The molecule has 0 aliphatic carbocycles. The number of urea groups is 1. The Morgan fingerprint density at radius 2 is 2.04 bits per heavy atom. The zero-order valence-corrected chi connectivity index (χ0v) is 14.3. The van der Waals surface area contributed by atoms with Gasteiger partial charge in [-0.05, 0) is 29.3 Å². The third-order valence-electron chi connectivity index (χ3n) is 3.48. The minimum Gasteiger partial charge on any atom is -0.468 e. The van der Waals surface area contributed by atoms with Crippen LogP contribution in [0.2, 0.25) is 0 Å². The number of esters is 1. The first-order chi connectivity index (χ1) is 10.8. The molecule has 9 heteroatoms. The molecule has 0 aromatic carbocycles. The number of thioether (sulfide) groups is 1. The standard InChI is InChI=1S/C14H19N4O4S/c1-8(2)6-18-10-11(15-13(18)23-7-9(19)22-5)16(3)14(21)17(4)12(10)20/h10H,1,6-7H2,2-5H3/q+1. The topological polar surface area (TPSA) is 82.3 Å². The van der Waals surface area contributed by atoms with E-state index in [0.717, 1.165) is 10.5 Å². The lowest BCUT2D eigenvalue weighted by Gasteiger charge is -2.30. The number of likely N-dealkylation sites (N-methyl/N-ethyl adjacent to an activating group) is 2. The molecule has 2 aliphatic heterocycles. The molecule has 124 valence electrons. The highest BCUT2D eigenvalue weighted by Crippen LogP contribution is 2.23. The molecular formula is C14H19N4O4S+. The number of nitrogens with zero attached hydrogens (tertiary/aromatic N) is 4. The van der Waals surface area contributed by atoms with E-state index in [2.05, 4.69) is 16.3 Å². The van der Waals surface area contributed by atoms with Crippen molar-refractivity contribution in [1.29, 1.82) is 0 Å². The second-order valence-corrected chi connectivity index (χ2v) is 6.29. The lowest BCUT2D eigenvalue weighted by Crippen LogP contribution is -2.61. The normalized spacial score (nSPS) is 20.7. The third kappa shape index (κ3) is 3.14. The van der Waals surface area contributed by atoms with Crippen molar-refractivity contribution in [1.82, 2.24) is 9.80 Å². The summed E-state index contributed by atoms with van der Waals surface area (Å²) in [5.74, 6) is -0.293. The second kappa shape index (κ2) is 6.53. The summed E-state index contributed by atoms with van der Waals surface area (Å²) in [4.78, 5) is 42.7. The van der Waals surface area contributed by atoms with Crippen molar-refractivity contribution in [2.45, 2.75) is 13.0 Å². The summed E-state index contributed by atoms with van der Waals surface area (Å²) in [5, 5.41) is 0.502. The summed E-state index contributed by atoms with van der Waals surface area (Å²) < 4.78 is 6.38. The van der Waals surface area contributed by atoms with Crippen molar-refractivity contribution < 1.29 is 23.7 Å². The lowest BCUT2D eigenvalue weighted by molar-refractivity contribution is -0.524. The molecule has 0 aromatic rings. The van der Waals surface area contributed by atoms with Gasteiger partial charge in [0, 0.05) is 14.1 Å². The highest BCUT2D eigenvalue weighted by atomic mass is 32.2. The minimum atomic E-state index is -0.681. The molecule has 2 rings (SSSR count). The summed E-state index contributed by atoms with van der Waals surface area (Å²) >= 11 is 1.17. The monoisotopic (exact) mass is 339 g/mol. The van der Waals surface area contributed by atoms with Crippen molar-refractivity contribution in [3.05, 3.63) is 12.2 Å². The summed E-state index contributed by atoms with van der Waals surface area (Å²) in [7, 11) is 4.32. The van der Waals surface area contributed by atoms with Gasteiger partial charge in [-0.3, -0.25) is 19.4 Å². The van der Waals surface area contributed by atoms with Crippen LogP contribution in [-0.4, -0.2) is 82.8 Å². The molecule has 1 fully saturated rings. The SMILES string of the molecule is C=C(C)C[N+]1=C(SCC(=O)OC)N=C2C1C(=O)N(C)C(=O)N2C. The highest BCUT2D eigenvalue weighted by molar-refractivity contribution is 8.14. The number of ether oxygens (including phenoxy) is 1. The molecule has 2 heterocycles. The molecule has 0 saturated carbocycles. The molecule has 1 atom stereocenters. The van der Waals surface area contributed by atoms with Gasteiger partial charge in [0.15, 0.2) is 0 Å². The maximum atomic E-state index is 12.5. The molecular weight excluding hydrogens is 320 g/mol. The van der Waals surface area contributed by atoms with Gasteiger partial charge in [0.25, 0.3) is 17.8 Å². The Labute approximate surface area is 138 Å². The number of fused-ring (bicyclic) bond motifs is 1. The van der Waals surface area contributed by atoms with Crippen LogP contribution in [0.4, 0.5) is 4.79 Å². The van der Waals surface area contributed by atoms with Gasteiger partial charge in [-0.15, -0.1) is 0 Å². The van der Waals surface area contributed by atoms with Crippen LogP contribution in [0, 0.1) is 0 Å². The maximum absolute atomic E-state index is 12.5. The van der Waals surface area contributed by atoms with E-state index in [1.54, 1.807) is 11.6 Å². The summed E-state index contributed by atoms with van der Waals surface area (Å²) in [6.07, 6.45) is 0. The summed E-state index contributed by atoms with van der Waals surface area (Å²) in [6, 6.07) is -1.11. The number of amidine groups is 2. The van der Waals surface area contributed by atoms with Gasteiger partial charge in [-0.25, -0.2) is 9.37 Å². The van der Waals surface area contributed by atoms with E-state index in [9.17, 15) is 14.4 Å². The number of methoxy groups -OCH3 is 1. The molecule has 23 heavy (non-hydrogen) atoms. The van der Waals surface area contributed by atoms with Gasteiger partial charge < -0.3 is 4.74 Å². The van der Waals surface area contributed by atoms with E-state index < -0.39 is 12.1 Å².